The molecule has 5 heteroatoms. The van der Waals surface area contributed by atoms with Crippen molar-refractivity contribution < 1.29 is 9.59 Å². The van der Waals surface area contributed by atoms with Crippen molar-refractivity contribution in [2.24, 2.45) is 0 Å². The molecule has 1 unspecified atom stereocenters. The summed E-state index contributed by atoms with van der Waals surface area (Å²) in [7, 11) is 1.95. The number of hydrogen-bond donors (Lipinski definition) is 3. The lowest BCUT2D eigenvalue weighted by atomic mass is 10.0. The van der Waals surface area contributed by atoms with Gasteiger partial charge in [0.05, 0.1) is 0 Å². The van der Waals surface area contributed by atoms with Crippen molar-refractivity contribution in [3.05, 3.63) is 12.2 Å². The zero-order chi connectivity index (χ0) is 33.6. The van der Waals surface area contributed by atoms with Crippen molar-refractivity contribution in [3.8, 4) is 0 Å². The Morgan fingerprint density at radius 1 is 0.500 bits per heavy atom. The molecule has 0 aromatic carbocycles. The molecular weight excluding hydrogens is 566 g/mol. The van der Waals surface area contributed by atoms with Crippen LogP contribution in [0.25, 0.3) is 0 Å². The number of nitrogens with one attached hydrogen (secondary N) is 3. The third-order valence-corrected chi connectivity index (χ3v) is 9.32. The lowest BCUT2D eigenvalue weighted by molar-refractivity contribution is -0.129. The van der Waals surface area contributed by atoms with Gasteiger partial charge in [-0.05, 0) is 71.4 Å². The predicted octanol–water partition coefficient (Wildman–Crippen LogP) is 11.5. The fraction of sp³-hybridized carbons (Fsp3) is 0.902. The minimum Gasteiger partial charge on any atom is -0.354 e. The van der Waals surface area contributed by atoms with Gasteiger partial charge in [-0.25, -0.2) is 0 Å². The van der Waals surface area contributed by atoms with Crippen LogP contribution in [0.3, 0.4) is 0 Å². The first-order valence-electron chi connectivity index (χ1n) is 20.5. The third-order valence-electron chi connectivity index (χ3n) is 9.32. The van der Waals surface area contributed by atoms with Crippen LogP contribution >= 0.6 is 0 Å². The van der Waals surface area contributed by atoms with Gasteiger partial charge in [0.2, 0.25) is 11.8 Å². The number of allylic oxidation sites excluding steroid dienone is 2. The molecule has 0 aromatic heterocycles. The second kappa shape index (κ2) is 38.1. The molecule has 2 amide bonds. The Morgan fingerprint density at radius 2 is 0.913 bits per heavy atom. The van der Waals surface area contributed by atoms with E-state index in [-0.39, 0.29) is 11.8 Å². The molecule has 0 aliphatic carbocycles. The molecule has 0 fully saturated rings. The van der Waals surface area contributed by atoms with Crippen LogP contribution in [0.4, 0.5) is 0 Å². The molecule has 0 heterocycles. The van der Waals surface area contributed by atoms with Gasteiger partial charge in [-0.15, -0.1) is 0 Å². The third kappa shape index (κ3) is 34.0. The lowest BCUT2D eigenvalue weighted by Crippen LogP contribution is -2.47. The van der Waals surface area contributed by atoms with Crippen molar-refractivity contribution in [1.82, 2.24) is 16.0 Å². The van der Waals surface area contributed by atoms with Crippen LogP contribution in [-0.4, -0.2) is 38.0 Å². The van der Waals surface area contributed by atoms with Crippen LogP contribution in [0.5, 0.6) is 0 Å². The highest BCUT2D eigenvalue weighted by Gasteiger charge is 2.19. The summed E-state index contributed by atoms with van der Waals surface area (Å²) in [6, 6.07) is -0.404. The predicted molar refractivity (Wildman–Crippen MR) is 202 cm³/mol. The number of rotatable bonds is 37. The van der Waals surface area contributed by atoms with Gasteiger partial charge < -0.3 is 16.0 Å². The number of carbonyl (C=O) groups excluding carboxylic acids is 2. The van der Waals surface area contributed by atoms with Gasteiger partial charge in [-0.1, -0.05) is 161 Å². The first-order valence-corrected chi connectivity index (χ1v) is 20.5. The second-order valence-electron chi connectivity index (χ2n) is 13.9. The van der Waals surface area contributed by atoms with E-state index in [2.05, 4.69) is 41.9 Å². The Hall–Kier alpha value is -1.36. The van der Waals surface area contributed by atoms with E-state index in [9.17, 15) is 9.59 Å². The Bertz CT molecular complexity index is 666. The van der Waals surface area contributed by atoms with Gasteiger partial charge in [0, 0.05) is 13.0 Å². The average Bonchev–Trinajstić information content (AvgIpc) is 3.06. The first kappa shape index (κ1) is 44.6. The molecular formula is C41H81N3O2. The molecule has 0 aliphatic heterocycles. The molecule has 1 atom stereocenters. The molecule has 0 aliphatic rings. The molecule has 5 nitrogen and oxygen atoms in total. The van der Waals surface area contributed by atoms with E-state index in [0.717, 1.165) is 38.6 Å². The van der Waals surface area contributed by atoms with Crippen molar-refractivity contribution >= 4 is 11.8 Å². The molecule has 272 valence electrons. The normalized spacial score (nSPS) is 12.2. The maximum atomic E-state index is 12.9. The lowest BCUT2D eigenvalue weighted by Gasteiger charge is -2.18. The van der Waals surface area contributed by atoms with Crippen LogP contribution in [0.15, 0.2) is 12.2 Å². The molecule has 0 saturated carbocycles. The summed E-state index contributed by atoms with van der Waals surface area (Å²) in [6.07, 6.45) is 42.9. The summed E-state index contributed by atoms with van der Waals surface area (Å²) < 4.78 is 0. The SMILES string of the molecule is CCCCCCCC/C=C/CCCCCCCC(=O)NC(CCCCNC)C(=O)NCCCCCCCCCCCCCCCC. The summed E-state index contributed by atoms with van der Waals surface area (Å²) in [5.41, 5.74) is 0. The van der Waals surface area contributed by atoms with Crippen LogP contribution in [0.1, 0.15) is 213 Å². The number of unbranched alkanes of at least 4 members (excludes halogenated alkanes) is 25. The summed E-state index contributed by atoms with van der Waals surface area (Å²) in [5, 5.41) is 9.36. The van der Waals surface area contributed by atoms with Gasteiger partial charge in [-0.2, -0.15) is 0 Å². The van der Waals surface area contributed by atoms with Gasteiger partial charge in [0.25, 0.3) is 0 Å². The highest BCUT2D eigenvalue weighted by Crippen LogP contribution is 2.14. The largest absolute Gasteiger partial charge is 0.354 e. The number of carbonyl (C=O) groups is 2. The zero-order valence-electron chi connectivity index (χ0n) is 31.4. The zero-order valence-corrected chi connectivity index (χ0v) is 31.4. The highest BCUT2D eigenvalue weighted by molar-refractivity contribution is 5.87. The van der Waals surface area contributed by atoms with Gasteiger partial charge in [0.15, 0.2) is 0 Å². The van der Waals surface area contributed by atoms with E-state index in [4.69, 9.17) is 0 Å². The van der Waals surface area contributed by atoms with Crippen LogP contribution in [-0.2, 0) is 9.59 Å². The Labute approximate surface area is 288 Å². The van der Waals surface area contributed by atoms with E-state index in [0.29, 0.717) is 19.4 Å². The van der Waals surface area contributed by atoms with E-state index >= 15 is 0 Å². The van der Waals surface area contributed by atoms with Gasteiger partial charge in [0.1, 0.15) is 6.04 Å². The first-order chi connectivity index (χ1) is 22.7. The number of hydrogen-bond acceptors (Lipinski definition) is 3. The maximum absolute atomic E-state index is 12.9. The van der Waals surface area contributed by atoms with E-state index in [1.54, 1.807) is 0 Å². The summed E-state index contributed by atoms with van der Waals surface area (Å²) in [5.74, 6) is 0.0277. The van der Waals surface area contributed by atoms with Gasteiger partial charge >= 0.3 is 0 Å². The maximum Gasteiger partial charge on any atom is 0.242 e. The molecule has 0 spiro atoms. The average molecular weight is 648 g/mol. The topological polar surface area (TPSA) is 70.2 Å². The van der Waals surface area contributed by atoms with Crippen molar-refractivity contribution in [2.75, 3.05) is 20.1 Å². The van der Waals surface area contributed by atoms with E-state index in [1.165, 1.54) is 154 Å². The summed E-state index contributed by atoms with van der Waals surface area (Å²) >= 11 is 0. The molecule has 0 radical (unpaired) electrons. The van der Waals surface area contributed by atoms with Crippen LogP contribution < -0.4 is 16.0 Å². The van der Waals surface area contributed by atoms with Crippen LogP contribution in [0.2, 0.25) is 0 Å². The Morgan fingerprint density at radius 3 is 1.39 bits per heavy atom. The molecule has 0 saturated heterocycles. The van der Waals surface area contributed by atoms with E-state index < -0.39 is 6.04 Å². The molecule has 46 heavy (non-hydrogen) atoms. The molecule has 0 aromatic rings. The summed E-state index contributed by atoms with van der Waals surface area (Å²) in [6.45, 7) is 6.21. The minimum absolute atomic E-state index is 0.00273. The van der Waals surface area contributed by atoms with Crippen molar-refractivity contribution in [1.29, 1.82) is 0 Å². The quantitative estimate of drug-likeness (QED) is 0.0464. The summed E-state index contributed by atoms with van der Waals surface area (Å²) in [4.78, 5) is 25.6. The fourth-order valence-electron chi connectivity index (χ4n) is 6.20. The van der Waals surface area contributed by atoms with Crippen molar-refractivity contribution in [2.45, 2.75) is 219 Å². The van der Waals surface area contributed by atoms with Crippen LogP contribution in [0, 0.1) is 0 Å². The standard InChI is InChI=1S/C41H81N3O2/c1-4-6-8-10-12-14-16-18-20-21-23-25-27-29-31-36-40(45)44-39(35-32-34-37-42-3)41(46)43-38-33-30-28-26-24-22-19-17-15-13-11-9-7-5-2/h18,20,39,42H,4-17,19,21-38H2,1-3H3,(H,43,46)(H,44,45)/b20-18+. The smallest absolute Gasteiger partial charge is 0.242 e. The van der Waals surface area contributed by atoms with Crippen molar-refractivity contribution in [3.63, 3.8) is 0 Å². The van der Waals surface area contributed by atoms with E-state index in [1.807, 2.05) is 7.05 Å². The minimum atomic E-state index is -0.404. The molecule has 0 rings (SSSR count). The monoisotopic (exact) mass is 648 g/mol. The van der Waals surface area contributed by atoms with Gasteiger partial charge in [-0.3, -0.25) is 9.59 Å². The second-order valence-corrected chi connectivity index (χ2v) is 13.9. The molecule has 3 N–H and O–H groups in total. The highest BCUT2D eigenvalue weighted by atomic mass is 16.2. The Kier molecular flexibility index (Phi) is 37.0. The molecule has 0 bridgehead atoms. The number of amides is 2. The Balaban J connectivity index is 3.92. The fourth-order valence-corrected chi connectivity index (χ4v) is 6.20.